The molecule has 4 rings (SSSR count). The predicted octanol–water partition coefficient (Wildman–Crippen LogP) is 4.14. The molecule has 0 aliphatic carbocycles. The Balaban J connectivity index is 1.98. The number of benzene rings is 2. The number of rotatable bonds is 3. The summed E-state index contributed by atoms with van der Waals surface area (Å²) < 4.78 is 5.71. The average Bonchev–Trinajstić information content (AvgIpc) is 3.03. The maximum atomic E-state index is 13.0. The maximum Gasteiger partial charge on any atom is 0.333 e. The van der Waals surface area contributed by atoms with Crippen molar-refractivity contribution in [2.45, 2.75) is 20.4 Å². The van der Waals surface area contributed by atoms with Gasteiger partial charge in [-0.3, -0.25) is 9.13 Å². The Bertz CT molecular complexity index is 1190. The number of para-hydroxylation sites is 3. The molecule has 0 aliphatic rings. The van der Waals surface area contributed by atoms with Crippen LogP contribution in [0.5, 0.6) is 0 Å². The van der Waals surface area contributed by atoms with Gasteiger partial charge in [0.15, 0.2) is 0 Å². The van der Waals surface area contributed by atoms with Crippen molar-refractivity contribution >= 4 is 27.6 Å². The van der Waals surface area contributed by atoms with E-state index in [2.05, 4.69) is 49.4 Å². The molecule has 2 heterocycles. The highest BCUT2D eigenvalue weighted by molar-refractivity contribution is 5.85. The first-order chi connectivity index (χ1) is 12.0. The number of nitrogens with zero attached hydrogens (tertiary/aromatic N) is 3. The zero-order valence-electron chi connectivity index (χ0n) is 14.8. The molecule has 0 aliphatic heterocycles. The van der Waals surface area contributed by atoms with Crippen molar-refractivity contribution < 1.29 is 0 Å². The Labute approximate surface area is 146 Å². The Morgan fingerprint density at radius 2 is 1.80 bits per heavy atom. The minimum absolute atomic E-state index is 0.0448. The molecule has 0 fully saturated rings. The second kappa shape index (κ2) is 5.52. The van der Waals surface area contributed by atoms with Crippen LogP contribution in [0.3, 0.4) is 0 Å². The number of allylic oxidation sites excluding steroid dienone is 1. The molecule has 0 spiro atoms. The molecular formula is C21H21N3O. The summed E-state index contributed by atoms with van der Waals surface area (Å²) in [6, 6.07) is 16.3. The molecular weight excluding hydrogens is 310 g/mol. The number of aryl methyl sites for hydroxylation is 2. The fraction of sp³-hybridized carbons (Fsp3) is 0.190. The van der Waals surface area contributed by atoms with E-state index in [1.165, 1.54) is 16.6 Å². The van der Waals surface area contributed by atoms with Gasteiger partial charge in [0.25, 0.3) is 0 Å². The number of fused-ring (bicyclic) bond motifs is 2. The van der Waals surface area contributed by atoms with Gasteiger partial charge in [0, 0.05) is 23.8 Å². The van der Waals surface area contributed by atoms with Crippen LogP contribution < -0.4 is 5.69 Å². The second-order valence-electron chi connectivity index (χ2n) is 6.63. The van der Waals surface area contributed by atoms with Crippen molar-refractivity contribution in [2.75, 3.05) is 0 Å². The van der Waals surface area contributed by atoms with E-state index in [9.17, 15) is 4.79 Å². The molecule has 0 amide bonds. The third kappa shape index (κ3) is 2.25. The van der Waals surface area contributed by atoms with Crippen molar-refractivity contribution in [2.24, 2.45) is 7.05 Å². The predicted molar refractivity (Wildman–Crippen MR) is 104 cm³/mol. The first-order valence-corrected chi connectivity index (χ1v) is 8.39. The number of aromatic nitrogens is 3. The minimum Gasteiger partial charge on any atom is -0.348 e. The van der Waals surface area contributed by atoms with Crippen LogP contribution in [0.2, 0.25) is 0 Å². The molecule has 2 aromatic carbocycles. The van der Waals surface area contributed by atoms with E-state index in [0.29, 0.717) is 6.54 Å². The summed E-state index contributed by atoms with van der Waals surface area (Å²) in [5.41, 5.74) is 6.04. The summed E-state index contributed by atoms with van der Waals surface area (Å²) in [4.78, 5) is 13.0. The zero-order chi connectivity index (χ0) is 17.7. The lowest BCUT2D eigenvalue weighted by molar-refractivity contribution is 0.765. The van der Waals surface area contributed by atoms with Gasteiger partial charge < -0.3 is 4.57 Å². The monoisotopic (exact) mass is 331 g/mol. The molecule has 0 saturated heterocycles. The van der Waals surface area contributed by atoms with Gasteiger partial charge in [0.1, 0.15) is 0 Å². The fourth-order valence-corrected chi connectivity index (χ4v) is 3.66. The summed E-state index contributed by atoms with van der Waals surface area (Å²) >= 11 is 0. The van der Waals surface area contributed by atoms with Crippen LogP contribution in [0.15, 0.2) is 59.9 Å². The summed E-state index contributed by atoms with van der Waals surface area (Å²) in [5, 5.41) is 1.20. The smallest absolute Gasteiger partial charge is 0.333 e. The summed E-state index contributed by atoms with van der Waals surface area (Å²) in [5.74, 6) is 0. The number of imidazole rings is 1. The molecule has 0 unspecified atom stereocenters. The molecule has 0 atom stereocenters. The topological polar surface area (TPSA) is 31.9 Å². The van der Waals surface area contributed by atoms with E-state index in [4.69, 9.17) is 0 Å². The molecule has 4 nitrogen and oxygen atoms in total. The molecule has 0 N–H and O–H groups in total. The Hall–Kier alpha value is -3.01. The van der Waals surface area contributed by atoms with E-state index in [1.54, 1.807) is 4.57 Å². The molecule has 0 bridgehead atoms. The SMILES string of the molecule is C=C(C)n1c(=O)n(Cc2cccc3cc(C)n(C)c23)c2ccccc21. The minimum atomic E-state index is -0.0448. The standard InChI is InChI=1S/C21H21N3O/c1-14(2)24-19-11-6-5-10-18(19)23(21(24)25)13-17-9-7-8-16-12-15(3)22(4)20(16)17/h5-12H,1,13H2,2-4H3. The Morgan fingerprint density at radius 3 is 2.52 bits per heavy atom. The van der Waals surface area contributed by atoms with Crippen molar-refractivity contribution in [3.63, 3.8) is 0 Å². The van der Waals surface area contributed by atoms with E-state index in [-0.39, 0.29) is 5.69 Å². The van der Waals surface area contributed by atoms with Gasteiger partial charge in [-0.15, -0.1) is 0 Å². The van der Waals surface area contributed by atoms with Gasteiger partial charge >= 0.3 is 5.69 Å². The number of hydrogen-bond acceptors (Lipinski definition) is 1. The molecule has 25 heavy (non-hydrogen) atoms. The third-order valence-electron chi connectivity index (χ3n) is 4.93. The maximum absolute atomic E-state index is 13.0. The van der Waals surface area contributed by atoms with Gasteiger partial charge in [0.05, 0.1) is 23.1 Å². The average molecular weight is 331 g/mol. The van der Waals surface area contributed by atoms with Crippen LogP contribution in [0.25, 0.3) is 27.6 Å². The summed E-state index contributed by atoms with van der Waals surface area (Å²) in [7, 11) is 2.07. The van der Waals surface area contributed by atoms with Gasteiger partial charge in [0.2, 0.25) is 0 Å². The summed E-state index contributed by atoms with van der Waals surface area (Å²) in [6.45, 7) is 8.47. The van der Waals surface area contributed by atoms with Crippen LogP contribution in [0.1, 0.15) is 18.2 Å². The van der Waals surface area contributed by atoms with Crippen LogP contribution >= 0.6 is 0 Å². The third-order valence-corrected chi connectivity index (χ3v) is 4.93. The normalized spacial score (nSPS) is 11.5. The fourth-order valence-electron chi connectivity index (χ4n) is 3.66. The quantitative estimate of drug-likeness (QED) is 0.555. The number of hydrogen-bond donors (Lipinski definition) is 0. The van der Waals surface area contributed by atoms with Crippen LogP contribution in [0, 0.1) is 6.92 Å². The zero-order valence-corrected chi connectivity index (χ0v) is 14.8. The van der Waals surface area contributed by atoms with E-state index >= 15 is 0 Å². The van der Waals surface area contributed by atoms with Crippen LogP contribution in [-0.2, 0) is 13.6 Å². The first kappa shape index (κ1) is 15.5. The van der Waals surface area contributed by atoms with Gasteiger partial charge in [-0.2, -0.15) is 0 Å². The lowest BCUT2D eigenvalue weighted by atomic mass is 10.1. The van der Waals surface area contributed by atoms with Crippen LogP contribution in [-0.4, -0.2) is 13.7 Å². The highest BCUT2D eigenvalue weighted by atomic mass is 16.1. The molecule has 0 saturated carbocycles. The Morgan fingerprint density at radius 1 is 1.08 bits per heavy atom. The van der Waals surface area contributed by atoms with Crippen molar-refractivity contribution in [1.82, 2.24) is 13.7 Å². The van der Waals surface area contributed by atoms with Crippen molar-refractivity contribution in [3.8, 4) is 0 Å². The highest BCUT2D eigenvalue weighted by Gasteiger charge is 2.15. The van der Waals surface area contributed by atoms with E-state index < -0.39 is 0 Å². The molecule has 4 heteroatoms. The lowest BCUT2D eigenvalue weighted by Gasteiger charge is -2.08. The van der Waals surface area contributed by atoms with Crippen molar-refractivity contribution in [1.29, 1.82) is 0 Å². The second-order valence-corrected chi connectivity index (χ2v) is 6.63. The molecule has 4 aromatic rings. The van der Waals surface area contributed by atoms with Gasteiger partial charge in [-0.1, -0.05) is 36.9 Å². The highest BCUT2D eigenvalue weighted by Crippen LogP contribution is 2.24. The molecule has 2 aromatic heterocycles. The van der Waals surface area contributed by atoms with E-state index in [1.807, 2.05) is 35.8 Å². The molecule has 126 valence electrons. The Kier molecular flexibility index (Phi) is 3.42. The van der Waals surface area contributed by atoms with Crippen molar-refractivity contribution in [3.05, 3.63) is 76.9 Å². The van der Waals surface area contributed by atoms with Crippen LogP contribution in [0.4, 0.5) is 0 Å². The lowest BCUT2D eigenvalue weighted by Crippen LogP contribution is -2.23. The van der Waals surface area contributed by atoms with E-state index in [0.717, 1.165) is 22.3 Å². The van der Waals surface area contributed by atoms with Gasteiger partial charge in [-0.05, 0) is 37.6 Å². The first-order valence-electron chi connectivity index (χ1n) is 8.39. The molecule has 0 radical (unpaired) electrons. The largest absolute Gasteiger partial charge is 0.348 e. The summed E-state index contributed by atoms with van der Waals surface area (Å²) in [6.07, 6.45) is 0. The van der Waals surface area contributed by atoms with Gasteiger partial charge in [-0.25, -0.2) is 4.79 Å².